The third kappa shape index (κ3) is 4.35. The number of carbonyl (C=O) groups excluding carboxylic acids is 1. The molecule has 8 heteroatoms. The number of nitrogens with one attached hydrogen (secondary N) is 1. The van der Waals surface area contributed by atoms with Crippen LogP contribution in [0.2, 0.25) is 0 Å². The van der Waals surface area contributed by atoms with Gasteiger partial charge in [-0.15, -0.1) is 12.4 Å². The third-order valence-corrected chi connectivity index (χ3v) is 8.37. The second-order valence-electron chi connectivity index (χ2n) is 6.48. The lowest BCUT2D eigenvalue weighted by Gasteiger charge is -2.39. The van der Waals surface area contributed by atoms with Gasteiger partial charge in [-0.3, -0.25) is 4.79 Å². The van der Waals surface area contributed by atoms with E-state index in [2.05, 4.69) is 12.2 Å². The van der Waals surface area contributed by atoms with Gasteiger partial charge in [0, 0.05) is 24.6 Å². The summed E-state index contributed by atoms with van der Waals surface area (Å²) in [7, 11) is -1.63. The molecule has 2 unspecified atom stereocenters. The number of sulfone groups is 1. The number of hydrogen-bond acceptors (Lipinski definition) is 5. The van der Waals surface area contributed by atoms with Crippen LogP contribution in [0, 0.1) is 0 Å². The summed E-state index contributed by atoms with van der Waals surface area (Å²) >= 11 is 1.95. The smallest absolute Gasteiger partial charge is 0.244 e. The van der Waals surface area contributed by atoms with E-state index >= 15 is 0 Å². The van der Waals surface area contributed by atoms with Gasteiger partial charge in [0.05, 0.1) is 0 Å². The summed E-state index contributed by atoms with van der Waals surface area (Å²) in [6.45, 7) is 3.33. The largest absolute Gasteiger partial charge is 0.341 e. The highest BCUT2D eigenvalue weighted by Crippen LogP contribution is 2.36. The van der Waals surface area contributed by atoms with Crippen LogP contribution in [0.5, 0.6) is 0 Å². The molecule has 2 atom stereocenters. The van der Waals surface area contributed by atoms with Crippen molar-refractivity contribution >= 4 is 39.9 Å². The van der Waals surface area contributed by atoms with Crippen LogP contribution in [0.15, 0.2) is 0 Å². The molecule has 1 amide bonds. The predicted octanol–water partition coefficient (Wildman–Crippen LogP) is 1.71. The Kier molecular flexibility index (Phi) is 7.70. The molecule has 0 aromatic rings. The predicted molar refractivity (Wildman–Crippen MR) is 99.3 cm³/mol. The van der Waals surface area contributed by atoms with E-state index in [1.165, 1.54) is 6.26 Å². The van der Waals surface area contributed by atoms with E-state index in [9.17, 15) is 13.2 Å². The second kappa shape index (κ2) is 8.41. The molecular formula is C15H29ClN2O3S2. The molecule has 0 aromatic heterocycles. The van der Waals surface area contributed by atoms with E-state index in [1.807, 2.05) is 11.8 Å². The first-order valence-corrected chi connectivity index (χ1v) is 11.0. The highest BCUT2D eigenvalue weighted by molar-refractivity contribution is 7.99. The summed E-state index contributed by atoms with van der Waals surface area (Å²) in [5.74, 6) is 0.900. The van der Waals surface area contributed by atoms with Gasteiger partial charge < -0.3 is 10.2 Å². The molecule has 23 heavy (non-hydrogen) atoms. The van der Waals surface area contributed by atoms with Crippen LogP contribution in [0.25, 0.3) is 0 Å². The van der Waals surface area contributed by atoms with Crippen molar-refractivity contribution in [2.24, 2.45) is 0 Å². The Morgan fingerprint density at radius 3 is 2.43 bits per heavy atom. The zero-order valence-electron chi connectivity index (χ0n) is 14.2. The second-order valence-corrected chi connectivity index (χ2v) is 10.4. The summed E-state index contributed by atoms with van der Waals surface area (Å²) < 4.78 is 23.5. The minimum absolute atomic E-state index is 0. The molecular weight excluding hydrogens is 356 g/mol. The van der Waals surface area contributed by atoms with E-state index in [0.717, 1.165) is 25.0 Å². The van der Waals surface area contributed by atoms with Crippen molar-refractivity contribution in [3.05, 3.63) is 0 Å². The first kappa shape index (κ1) is 21.1. The summed E-state index contributed by atoms with van der Waals surface area (Å²) in [4.78, 5) is 14.8. The lowest BCUT2D eigenvalue weighted by Crippen LogP contribution is -2.58. The Labute approximate surface area is 150 Å². The number of hydrogen-bond donors (Lipinski definition) is 1. The number of amides is 1. The van der Waals surface area contributed by atoms with Crippen molar-refractivity contribution in [1.82, 2.24) is 10.2 Å². The lowest BCUT2D eigenvalue weighted by molar-refractivity contribution is -0.135. The van der Waals surface area contributed by atoms with Crippen molar-refractivity contribution < 1.29 is 13.2 Å². The topological polar surface area (TPSA) is 66.5 Å². The molecule has 5 nitrogen and oxygen atoms in total. The molecule has 2 fully saturated rings. The fourth-order valence-corrected chi connectivity index (χ4v) is 6.26. The Morgan fingerprint density at radius 2 is 1.91 bits per heavy atom. The van der Waals surface area contributed by atoms with E-state index in [0.29, 0.717) is 31.2 Å². The fourth-order valence-electron chi connectivity index (χ4n) is 3.72. The van der Waals surface area contributed by atoms with Gasteiger partial charge in [-0.25, -0.2) is 8.42 Å². The molecule has 1 aliphatic heterocycles. The molecule has 0 spiro atoms. The van der Waals surface area contributed by atoms with Crippen molar-refractivity contribution in [2.75, 3.05) is 32.1 Å². The first-order valence-electron chi connectivity index (χ1n) is 8.11. The van der Waals surface area contributed by atoms with E-state index in [1.54, 1.807) is 11.9 Å². The summed E-state index contributed by atoms with van der Waals surface area (Å²) in [6, 6.07) is 0.185. The lowest BCUT2D eigenvalue weighted by atomic mass is 9.94. The molecule has 1 N–H and O–H groups in total. The first-order chi connectivity index (χ1) is 10.3. The Morgan fingerprint density at radius 1 is 1.30 bits per heavy atom. The average molecular weight is 385 g/mol. The van der Waals surface area contributed by atoms with E-state index < -0.39 is 14.6 Å². The normalized spacial score (nSPS) is 27.3. The highest BCUT2D eigenvalue weighted by atomic mass is 35.5. The van der Waals surface area contributed by atoms with Gasteiger partial charge in [0.25, 0.3) is 0 Å². The van der Waals surface area contributed by atoms with Crippen molar-refractivity contribution in [3.8, 4) is 0 Å². The molecule has 0 aromatic carbocycles. The van der Waals surface area contributed by atoms with Crippen LogP contribution in [-0.2, 0) is 14.6 Å². The van der Waals surface area contributed by atoms with Gasteiger partial charge in [-0.2, -0.15) is 11.8 Å². The number of halogens is 1. The molecule has 1 aliphatic carbocycles. The Balaban J connectivity index is 0.00000264. The molecule has 0 radical (unpaired) electrons. The number of rotatable bonds is 5. The number of carbonyl (C=O) groups is 1. The van der Waals surface area contributed by atoms with E-state index in [4.69, 9.17) is 0 Å². The number of thioether (sulfide) groups is 1. The number of nitrogens with zero attached hydrogens (tertiary/aromatic N) is 1. The van der Waals surface area contributed by atoms with Gasteiger partial charge in [0.15, 0.2) is 14.6 Å². The van der Waals surface area contributed by atoms with Crippen LogP contribution in [-0.4, -0.2) is 67.4 Å². The van der Waals surface area contributed by atoms with Gasteiger partial charge >= 0.3 is 0 Å². The van der Waals surface area contributed by atoms with Crippen LogP contribution >= 0.6 is 24.2 Å². The van der Waals surface area contributed by atoms with Gasteiger partial charge in [0.2, 0.25) is 5.91 Å². The van der Waals surface area contributed by atoms with Crippen molar-refractivity contribution in [3.63, 3.8) is 0 Å². The summed E-state index contributed by atoms with van der Waals surface area (Å²) in [6.07, 6.45) is 5.07. The summed E-state index contributed by atoms with van der Waals surface area (Å²) in [5.41, 5.74) is 0. The fraction of sp³-hybridized carbons (Fsp3) is 0.933. The standard InChI is InChI=1S/C15H28N2O3S2.ClH/c1-4-21-13-6-5-12(11-13)17(2)14(18)15(22(3,19)20)7-9-16-10-8-15;/h12-13,16H,4-11H2,1-3H3;1H. The van der Waals surface area contributed by atoms with Crippen LogP contribution < -0.4 is 5.32 Å². The minimum atomic E-state index is -3.42. The molecule has 1 heterocycles. The zero-order chi connectivity index (χ0) is 16.4. The van der Waals surface area contributed by atoms with Crippen molar-refractivity contribution in [1.29, 1.82) is 0 Å². The zero-order valence-corrected chi connectivity index (χ0v) is 16.7. The minimum Gasteiger partial charge on any atom is -0.341 e. The average Bonchev–Trinajstić information content (AvgIpc) is 2.94. The SMILES string of the molecule is CCSC1CCC(N(C)C(=O)C2(S(C)(=O)=O)CCNCC2)C1.Cl. The summed E-state index contributed by atoms with van der Waals surface area (Å²) in [5, 5.41) is 3.76. The van der Waals surface area contributed by atoms with Gasteiger partial charge in [-0.1, -0.05) is 6.92 Å². The molecule has 0 bridgehead atoms. The quantitative estimate of drug-likeness (QED) is 0.781. The maximum atomic E-state index is 13.0. The third-order valence-electron chi connectivity index (χ3n) is 5.14. The van der Waals surface area contributed by atoms with Crippen LogP contribution in [0.1, 0.15) is 39.0 Å². The monoisotopic (exact) mass is 384 g/mol. The number of piperidine rings is 1. The molecule has 2 rings (SSSR count). The molecule has 136 valence electrons. The van der Waals surface area contributed by atoms with Crippen LogP contribution in [0.4, 0.5) is 0 Å². The van der Waals surface area contributed by atoms with Gasteiger partial charge in [0.1, 0.15) is 0 Å². The highest BCUT2D eigenvalue weighted by Gasteiger charge is 2.51. The Bertz CT molecular complexity index is 507. The molecule has 2 aliphatic rings. The van der Waals surface area contributed by atoms with Gasteiger partial charge in [-0.05, 0) is 50.9 Å². The van der Waals surface area contributed by atoms with Crippen LogP contribution in [0.3, 0.4) is 0 Å². The Hall–Kier alpha value is 0.0200. The maximum Gasteiger partial charge on any atom is 0.244 e. The van der Waals surface area contributed by atoms with Crippen molar-refractivity contribution in [2.45, 2.75) is 55.1 Å². The maximum absolute atomic E-state index is 13.0. The molecule has 1 saturated heterocycles. The van der Waals surface area contributed by atoms with E-state index in [-0.39, 0.29) is 24.4 Å². The molecule has 1 saturated carbocycles.